The molecule has 0 spiro atoms. The topological polar surface area (TPSA) is 171 Å². The molecule has 1 atom stereocenters. The second-order valence-corrected chi connectivity index (χ2v) is 18.0. The SMILES string of the molecule is C=C1C(N=O)=CN(CC2(c3cccc(C(F)(F)F)c3)CCCC2)N=C1C(=O)NCc1cccc(C)c1.C=CC(C)Cl.CC.CNC(=O)c1nn(-c2ccccc2N2CCCC3=C2C=CCC3)cc(N=O)c1=O. The van der Waals surface area contributed by atoms with Crippen LogP contribution >= 0.6 is 11.6 Å². The Balaban J connectivity index is 0.000000241. The second kappa shape index (κ2) is 25.7. The fourth-order valence-corrected chi connectivity index (χ4v) is 8.79. The lowest BCUT2D eigenvalue weighted by molar-refractivity contribution is -0.137. The van der Waals surface area contributed by atoms with Crippen LogP contribution in [0.2, 0.25) is 0 Å². The lowest BCUT2D eigenvalue weighted by atomic mass is 9.78. The number of aromatic nitrogens is 2. The van der Waals surface area contributed by atoms with Crippen LogP contribution in [0.25, 0.3) is 5.69 Å². The molecule has 4 aliphatic rings. The van der Waals surface area contributed by atoms with E-state index in [1.54, 1.807) is 12.1 Å². The van der Waals surface area contributed by atoms with Crippen molar-refractivity contribution in [2.75, 3.05) is 25.0 Å². The molecule has 1 aromatic heterocycles. The van der Waals surface area contributed by atoms with Gasteiger partial charge in [0.05, 0.1) is 35.9 Å². The van der Waals surface area contributed by atoms with Crippen LogP contribution in [0.4, 0.5) is 24.5 Å². The van der Waals surface area contributed by atoms with Crippen LogP contribution in [-0.2, 0) is 22.9 Å². The maximum atomic E-state index is 13.4. The van der Waals surface area contributed by atoms with Gasteiger partial charge in [0.15, 0.2) is 17.1 Å². The van der Waals surface area contributed by atoms with E-state index >= 15 is 0 Å². The molecule has 1 saturated carbocycles. The van der Waals surface area contributed by atoms with Crippen LogP contribution < -0.4 is 21.0 Å². The van der Waals surface area contributed by atoms with Crippen LogP contribution in [-0.4, -0.2) is 57.8 Å². The van der Waals surface area contributed by atoms with E-state index in [0.717, 1.165) is 68.0 Å². The molecule has 2 aliphatic heterocycles. The monoisotopic (exact) mass is 1010 g/mol. The lowest BCUT2D eigenvalue weighted by Gasteiger charge is -2.35. The number of nitrogens with one attached hydrogen (secondary N) is 2. The van der Waals surface area contributed by atoms with Crippen molar-refractivity contribution in [1.29, 1.82) is 0 Å². The zero-order valence-electron chi connectivity index (χ0n) is 41.3. The molecule has 2 amide bonds. The first-order valence-corrected chi connectivity index (χ1v) is 24.3. The zero-order valence-corrected chi connectivity index (χ0v) is 42.0. The standard InChI is InChI=1S/C27H27F3N4O2.C21H21N5O3.C4H7Cl.C2H6/c1-18-7-5-8-20(13-18)15-31-25(35)24-19(2)23(33-36)16-34(32-24)17-26(11-3-4-12-26)21-9-6-10-22(14-21)27(28,29)30;1-22-21(28)19-20(27)15(24-29)13-26(23-19)18-11-5-4-10-17(18)25-12-6-8-14-7-2-3-9-16(14)25;1-3-4(2)5;1-2/h5-10,13-14,16H,2-4,11-12,15,17H2,1H3,(H,31,35);3-5,9-11,13H,2,6-8,12H2,1H3,(H,22,28);3-4H,1H2,2H3;1-2H3. The van der Waals surface area contributed by atoms with Crippen molar-refractivity contribution in [2.24, 2.45) is 15.5 Å². The predicted octanol–water partition coefficient (Wildman–Crippen LogP) is 12.0. The fraction of sp³-hybridized carbons (Fsp3) is 0.352. The first-order chi connectivity index (χ1) is 34.5. The average Bonchev–Trinajstić information content (AvgIpc) is 3.88. The molecule has 2 N–H and O–H groups in total. The molecule has 380 valence electrons. The molecule has 8 rings (SSSR count). The molecule has 2 aliphatic carbocycles. The molecule has 4 aromatic rings. The van der Waals surface area contributed by atoms with Crippen molar-refractivity contribution in [2.45, 2.75) is 103 Å². The Morgan fingerprint density at radius 2 is 1.65 bits per heavy atom. The summed E-state index contributed by atoms with van der Waals surface area (Å²) in [6.45, 7) is 16.4. The minimum absolute atomic E-state index is 0.0390. The third-order valence-corrected chi connectivity index (χ3v) is 12.5. The molecule has 0 saturated heterocycles. The molecule has 0 bridgehead atoms. The molecule has 3 aromatic carbocycles. The first-order valence-electron chi connectivity index (χ1n) is 23.9. The third kappa shape index (κ3) is 13.8. The van der Waals surface area contributed by atoms with E-state index in [1.165, 1.54) is 52.5 Å². The highest BCUT2D eigenvalue weighted by Crippen LogP contribution is 2.44. The Morgan fingerprint density at radius 1 is 0.958 bits per heavy atom. The number of nitrogens with zero attached hydrogens (tertiary/aromatic N) is 7. The number of aryl methyl sites for hydroxylation is 1. The van der Waals surface area contributed by atoms with Crippen molar-refractivity contribution < 1.29 is 22.8 Å². The van der Waals surface area contributed by atoms with Crippen LogP contribution in [0, 0.1) is 16.7 Å². The van der Waals surface area contributed by atoms with Crippen molar-refractivity contribution in [1.82, 2.24) is 25.4 Å². The van der Waals surface area contributed by atoms with Gasteiger partial charge >= 0.3 is 6.18 Å². The summed E-state index contributed by atoms with van der Waals surface area (Å²) < 4.78 is 41.6. The quantitative estimate of drug-likeness (QED) is 0.0802. The van der Waals surface area contributed by atoms with Crippen LogP contribution in [0.15, 0.2) is 159 Å². The van der Waals surface area contributed by atoms with Gasteiger partial charge in [-0.2, -0.15) is 23.4 Å². The highest BCUT2D eigenvalue weighted by Gasteiger charge is 2.40. The predicted molar refractivity (Wildman–Crippen MR) is 279 cm³/mol. The summed E-state index contributed by atoms with van der Waals surface area (Å²) in [4.78, 5) is 62.4. The van der Waals surface area contributed by atoms with Crippen LogP contribution in [0.3, 0.4) is 0 Å². The largest absolute Gasteiger partial charge is 0.416 e. The van der Waals surface area contributed by atoms with E-state index in [1.807, 2.05) is 76.2 Å². The second-order valence-electron chi connectivity index (χ2n) is 17.3. The number of hydrazone groups is 1. The normalized spacial score (nSPS) is 16.2. The third-order valence-electron chi connectivity index (χ3n) is 12.4. The van der Waals surface area contributed by atoms with Gasteiger partial charge < -0.3 is 15.5 Å². The van der Waals surface area contributed by atoms with Gasteiger partial charge in [-0.25, -0.2) is 4.68 Å². The van der Waals surface area contributed by atoms with Gasteiger partial charge in [-0.3, -0.25) is 19.4 Å². The number of carbonyl (C=O) groups excluding carboxylic acids is 2. The number of alkyl halides is 4. The Morgan fingerprint density at radius 3 is 2.29 bits per heavy atom. The number of halogens is 4. The number of carbonyl (C=O) groups is 2. The summed E-state index contributed by atoms with van der Waals surface area (Å²) in [5.74, 6) is -1.18. The van der Waals surface area contributed by atoms with Gasteiger partial charge in [0.2, 0.25) is 5.43 Å². The molecular weight excluding hydrogens is 947 g/mol. The summed E-state index contributed by atoms with van der Waals surface area (Å²) in [6, 6.07) is 20.6. The van der Waals surface area contributed by atoms with Gasteiger partial charge in [-0.05, 0) is 104 Å². The highest BCUT2D eigenvalue weighted by molar-refractivity contribution is 6.46. The number of amides is 2. The van der Waals surface area contributed by atoms with Crippen LogP contribution in [0.1, 0.15) is 105 Å². The van der Waals surface area contributed by atoms with Gasteiger partial charge in [0.1, 0.15) is 5.70 Å². The summed E-state index contributed by atoms with van der Waals surface area (Å²) >= 11 is 5.34. The van der Waals surface area contributed by atoms with E-state index in [4.69, 9.17) is 11.6 Å². The number of hydrogen-bond acceptors (Lipinski definition) is 11. The minimum atomic E-state index is -4.45. The van der Waals surface area contributed by atoms with Crippen molar-refractivity contribution in [3.8, 4) is 5.69 Å². The molecule has 0 radical (unpaired) electrons. The van der Waals surface area contributed by atoms with Gasteiger partial charge in [-0.15, -0.1) is 28.0 Å². The Kier molecular flexibility index (Phi) is 19.9. The minimum Gasteiger partial charge on any atom is -0.354 e. The van der Waals surface area contributed by atoms with E-state index < -0.39 is 34.4 Å². The molecule has 14 nitrogen and oxygen atoms in total. The molecular formula is C54H61ClF3N9O5. The molecule has 18 heteroatoms. The number of benzene rings is 3. The summed E-state index contributed by atoms with van der Waals surface area (Å²) in [6.07, 6.45) is 11.5. The van der Waals surface area contributed by atoms with E-state index in [2.05, 4.69) is 61.4 Å². The number of rotatable bonds is 12. The van der Waals surface area contributed by atoms with Crippen LogP contribution in [0.5, 0.6) is 0 Å². The molecule has 1 unspecified atom stereocenters. The maximum absolute atomic E-state index is 13.4. The Labute approximate surface area is 423 Å². The molecule has 3 heterocycles. The summed E-state index contributed by atoms with van der Waals surface area (Å²) in [7, 11) is 1.40. The number of anilines is 1. The van der Waals surface area contributed by atoms with Crippen molar-refractivity contribution in [3.63, 3.8) is 0 Å². The van der Waals surface area contributed by atoms with Gasteiger partial charge in [0, 0.05) is 42.2 Å². The molecule has 1 fully saturated rings. The number of allylic oxidation sites excluding steroid dienone is 5. The van der Waals surface area contributed by atoms with Gasteiger partial charge in [0.25, 0.3) is 11.8 Å². The van der Waals surface area contributed by atoms with E-state index in [9.17, 15) is 37.4 Å². The average molecular weight is 1010 g/mol. The summed E-state index contributed by atoms with van der Waals surface area (Å²) in [5, 5.41) is 21.2. The zero-order chi connectivity index (χ0) is 52.6. The number of nitroso groups, excluding NO2 is 2. The lowest BCUT2D eigenvalue weighted by Crippen LogP contribution is -2.40. The Bertz CT molecular complexity index is 2830. The highest BCUT2D eigenvalue weighted by atomic mass is 35.5. The fourth-order valence-electron chi connectivity index (χ4n) is 8.79. The van der Waals surface area contributed by atoms with Crippen molar-refractivity contribution >= 4 is 40.5 Å². The number of para-hydroxylation sites is 2. The number of hydrogen-bond donors (Lipinski definition) is 2. The molecule has 72 heavy (non-hydrogen) atoms. The van der Waals surface area contributed by atoms with E-state index in [0.29, 0.717) is 24.1 Å². The summed E-state index contributed by atoms with van der Waals surface area (Å²) in [5.41, 5.74) is 3.89. The van der Waals surface area contributed by atoms with Gasteiger partial charge in [-0.1, -0.05) is 106 Å². The first kappa shape index (κ1) is 55.7. The van der Waals surface area contributed by atoms with E-state index in [-0.39, 0.29) is 46.8 Å². The maximum Gasteiger partial charge on any atom is 0.416 e. The van der Waals surface area contributed by atoms with Crippen molar-refractivity contribution in [3.05, 3.63) is 187 Å². The Hall–Kier alpha value is -7.27. The smallest absolute Gasteiger partial charge is 0.354 e.